The fourth-order valence-electron chi connectivity index (χ4n) is 8.19. The Hall–Kier alpha value is -5.92. The molecule has 2 aromatic heterocycles. The zero-order chi connectivity index (χ0) is 44.6. The maximum Gasteiger partial charge on any atom is 0.254 e. The average Bonchev–Trinajstić information content (AvgIpc) is 4.07. The van der Waals surface area contributed by atoms with Crippen LogP contribution in [0.3, 0.4) is 0 Å². The number of benzene rings is 4. The maximum atomic E-state index is 14.0. The Morgan fingerprint density at radius 3 is 2.28 bits per heavy atom. The van der Waals surface area contributed by atoms with Crippen molar-refractivity contribution in [3.05, 3.63) is 118 Å². The summed E-state index contributed by atoms with van der Waals surface area (Å²) in [5, 5.41) is 27.2. The molecule has 0 aliphatic carbocycles. The largest absolute Gasteiger partial charge is 0.508 e. The van der Waals surface area contributed by atoms with Gasteiger partial charge in [0, 0.05) is 73.0 Å². The van der Waals surface area contributed by atoms with E-state index in [1.807, 2.05) is 68.4 Å². The van der Waals surface area contributed by atoms with Crippen LogP contribution in [0.1, 0.15) is 49.5 Å². The summed E-state index contributed by atoms with van der Waals surface area (Å²) in [5.41, 5.74) is 2.48. The van der Waals surface area contributed by atoms with Gasteiger partial charge in [0.25, 0.3) is 5.88 Å². The lowest BCUT2D eigenvalue weighted by molar-refractivity contribution is -0.140. The van der Waals surface area contributed by atoms with Crippen LogP contribution < -0.4 is 19.5 Å². The molecule has 6 aromatic rings. The molecule has 15 heteroatoms. The van der Waals surface area contributed by atoms with Gasteiger partial charge in [-0.25, -0.2) is 0 Å². The number of phenols is 1. The van der Waals surface area contributed by atoms with Gasteiger partial charge in [0.1, 0.15) is 42.4 Å². The molecule has 13 nitrogen and oxygen atoms in total. The first-order valence-corrected chi connectivity index (χ1v) is 23.3. The van der Waals surface area contributed by atoms with Crippen LogP contribution in [0.15, 0.2) is 106 Å². The minimum absolute atomic E-state index is 0.0909. The van der Waals surface area contributed by atoms with Gasteiger partial charge in [0.2, 0.25) is 11.8 Å². The topological polar surface area (TPSA) is 154 Å². The Morgan fingerprint density at radius 2 is 1.59 bits per heavy atom. The summed E-state index contributed by atoms with van der Waals surface area (Å²) in [4.78, 5) is 34.6. The van der Waals surface area contributed by atoms with Gasteiger partial charge < -0.3 is 34.1 Å². The molecule has 8 rings (SSSR count). The Morgan fingerprint density at radius 1 is 0.906 bits per heavy atom. The molecule has 4 aromatic carbocycles. The minimum Gasteiger partial charge on any atom is -0.508 e. The van der Waals surface area contributed by atoms with E-state index in [9.17, 15) is 14.7 Å². The van der Waals surface area contributed by atoms with E-state index < -0.39 is 12.0 Å². The van der Waals surface area contributed by atoms with Crippen molar-refractivity contribution in [2.45, 2.75) is 45.2 Å². The molecule has 0 spiro atoms. The van der Waals surface area contributed by atoms with E-state index in [1.54, 1.807) is 46.6 Å². The van der Waals surface area contributed by atoms with Crippen molar-refractivity contribution in [1.29, 1.82) is 5.26 Å². The SMILES string of the molecule is CC(C)C(C(=O)N1CCC[C@H]1C(=O)NCc1ccc(C#N)cc1)c1cc(OCCN2CCN(CCOc3ccc(Oc4c(-c5ccc(Br)cc5)sc5cc(O)ccc45)cc3)CC2)no1. The van der Waals surface area contributed by atoms with E-state index in [4.69, 9.17) is 24.0 Å². The average molecular weight is 948 g/mol. The molecule has 2 N–H and O–H groups in total. The fourth-order valence-corrected chi connectivity index (χ4v) is 9.63. The molecule has 0 saturated carbocycles. The molecule has 2 aliphatic heterocycles. The van der Waals surface area contributed by atoms with E-state index in [-0.39, 0.29) is 23.5 Å². The number of rotatable bonds is 17. The molecule has 2 aliphatic rings. The van der Waals surface area contributed by atoms with Crippen LogP contribution in [0.2, 0.25) is 0 Å². The van der Waals surface area contributed by atoms with Gasteiger partial charge in [-0.15, -0.1) is 11.3 Å². The Balaban J connectivity index is 0.756. The van der Waals surface area contributed by atoms with Crippen LogP contribution in [0.25, 0.3) is 20.5 Å². The highest BCUT2D eigenvalue weighted by Crippen LogP contribution is 2.47. The lowest BCUT2D eigenvalue weighted by Crippen LogP contribution is -2.48. The molecule has 0 bridgehead atoms. The number of nitrogens with zero attached hydrogens (tertiary/aromatic N) is 5. The van der Waals surface area contributed by atoms with Crippen LogP contribution in [0.5, 0.6) is 28.9 Å². The number of carbonyl (C=O) groups excluding carboxylic acids is 2. The number of hydrogen-bond acceptors (Lipinski definition) is 12. The number of fused-ring (bicyclic) bond motifs is 1. The van der Waals surface area contributed by atoms with Crippen molar-refractivity contribution in [3.8, 4) is 45.4 Å². The first kappa shape index (κ1) is 44.7. The number of nitriles is 1. The first-order valence-electron chi connectivity index (χ1n) is 21.7. The summed E-state index contributed by atoms with van der Waals surface area (Å²) in [6.07, 6.45) is 1.33. The van der Waals surface area contributed by atoms with Crippen LogP contribution in [0.4, 0.5) is 0 Å². The number of thiophene rings is 1. The van der Waals surface area contributed by atoms with Crippen LogP contribution in [-0.4, -0.2) is 102 Å². The molecule has 2 amide bonds. The zero-order valence-electron chi connectivity index (χ0n) is 35.9. The summed E-state index contributed by atoms with van der Waals surface area (Å²) in [5.74, 6) is 2.18. The van der Waals surface area contributed by atoms with E-state index in [1.165, 1.54) is 0 Å². The number of hydrogen-bond donors (Lipinski definition) is 2. The van der Waals surface area contributed by atoms with Crippen molar-refractivity contribution in [2.24, 2.45) is 5.92 Å². The van der Waals surface area contributed by atoms with Crippen molar-refractivity contribution < 1.29 is 33.4 Å². The van der Waals surface area contributed by atoms with Gasteiger partial charge >= 0.3 is 0 Å². The number of aromatic hydroxyl groups is 1. The number of likely N-dealkylation sites (tertiary alicyclic amines) is 1. The van der Waals surface area contributed by atoms with Gasteiger partial charge in [-0.1, -0.05) is 54.0 Å². The third-order valence-electron chi connectivity index (χ3n) is 11.7. The number of halogens is 1. The molecule has 2 saturated heterocycles. The number of piperazine rings is 1. The van der Waals surface area contributed by atoms with E-state index >= 15 is 0 Å². The predicted molar refractivity (Wildman–Crippen MR) is 249 cm³/mol. The van der Waals surface area contributed by atoms with E-state index in [0.717, 1.165) is 87.8 Å². The number of aromatic nitrogens is 1. The number of amides is 2. The smallest absolute Gasteiger partial charge is 0.254 e. The third-order valence-corrected chi connectivity index (χ3v) is 13.4. The molecule has 332 valence electrons. The molecular formula is C49H51BrN6O7S. The molecule has 4 heterocycles. The number of ether oxygens (including phenoxy) is 3. The van der Waals surface area contributed by atoms with Crippen molar-refractivity contribution in [3.63, 3.8) is 0 Å². The number of carbonyl (C=O) groups is 2. The Kier molecular flexibility index (Phi) is 14.5. The second-order valence-electron chi connectivity index (χ2n) is 16.4. The van der Waals surface area contributed by atoms with Gasteiger partial charge in [-0.3, -0.25) is 19.4 Å². The molecule has 64 heavy (non-hydrogen) atoms. The summed E-state index contributed by atoms with van der Waals surface area (Å²) in [6.45, 7) is 10.9. The summed E-state index contributed by atoms with van der Waals surface area (Å²) < 4.78 is 26.2. The lowest BCUT2D eigenvalue weighted by atomic mass is 9.91. The van der Waals surface area contributed by atoms with Crippen LogP contribution in [-0.2, 0) is 16.1 Å². The third kappa shape index (κ3) is 10.9. The summed E-state index contributed by atoms with van der Waals surface area (Å²) in [7, 11) is 0. The second kappa shape index (κ2) is 20.7. The molecule has 2 fully saturated rings. The van der Waals surface area contributed by atoms with Crippen LogP contribution >= 0.6 is 27.3 Å². The molecule has 2 atom stereocenters. The highest BCUT2D eigenvalue weighted by Gasteiger charge is 2.40. The number of nitrogens with one attached hydrogen (secondary N) is 1. The van der Waals surface area contributed by atoms with Gasteiger partial charge in [-0.2, -0.15) is 5.26 Å². The highest BCUT2D eigenvalue weighted by atomic mass is 79.9. The molecule has 0 radical (unpaired) electrons. The standard InChI is InChI=1S/C49H51BrN6O7S/c1-32(2)45(49(59)56-19-3-4-41(56)48(58)52-31-34-7-5-33(30-51)6-8-34)42-29-44(53-63-42)61-27-25-55-22-20-54(21-23-55)24-26-60-38-14-16-39(17-15-38)62-46-40-18-13-37(57)28-43(40)64-47(46)35-9-11-36(50)12-10-35/h5-18,28-29,32,41,45,57H,3-4,19-27,31H2,1-2H3,(H,52,58)/t41-,45?/m0/s1. The van der Waals surface area contributed by atoms with Crippen LogP contribution in [0, 0.1) is 17.2 Å². The number of phenolic OH excluding ortho intramolecular Hbond substituents is 1. The highest BCUT2D eigenvalue weighted by molar-refractivity contribution is 9.10. The predicted octanol–water partition coefficient (Wildman–Crippen LogP) is 8.81. The maximum absolute atomic E-state index is 14.0. The van der Waals surface area contributed by atoms with Crippen molar-refractivity contribution in [2.75, 3.05) is 59.0 Å². The molecular weight excluding hydrogens is 897 g/mol. The normalized spacial score (nSPS) is 16.2. The van der Waals surface area contributed by atoms with Gasteiger partial charge in [0.05, 0.1) is 16.5 Å². The Bertz CT molecular complexity index is 2570. The van der Waals surface area contributed by atoms with Crippen molar-refractivity contribution in [1.82, 2.24) is 25.2 Å². The van der Waals surface area contributed by atoms with Gasteiger partial charge in [0.15, 0.2) is 11.5 Å². The Labute approximate surface area is 385 Å². The van der Waals surface area contributed by atoms with E-state index in [0.29, 0.717) is 55.7 Å². The fraction of sp³-hybridized carbons (Fsp3) is 0.347. The summed E-state index contributed by atoms with van der Waals surface area (Å²) in [6, 6.07) is 31.5. The first-order chi connectivity index (χ1) is 31.1. The van der Waals surface area contributed by atoms with Gasteiger partial charge in [-0.05, 0) is 102 Å². The minimum atomic E-state index is -0.603. The molecule has 1 unspecified atom stereocenters. The lowest BCUT2D eigenvalue weighted by Gasteiger charge is -2.34. The second-order valence-corrected chi connectivity index (χ2v) is 18.4. The quantitative estimate of drug-likeness (QED) is 0.0902. The monoisotopic (exact) mass is 946 g/mol. The van der Waals surface area contributed by atoms with E-state index in [2.05, 4.69) is 54.4 Å². The summed E-state index contributed by atoms with van der Waals surface area (Å²) >= 11 is 5.11. The van der Waals surface area contributed by atoms with Crippen molar-refractivity contribution >= 4 is 49.2 Å². The zero-order valence-corrected chi connectivity index (χ0v) is 38.3.